The van der Waals surface area contributed by atoms with E-state index in [2.05, 4.69) is 4.74 Å². The maximum Gasteiger partial charge on any atom is 0.413 e. The highest BCUT2D eigenvalue weighted by Gasteiger charge is 2.36. The summed E-state index contributed by atoms with van der Waals surface area (Å²) in [7, 11) is 1.09. The van der Waals surface area contributed by atoms with Crippen LogP contribution < -0.4 is 5.32 Å². The van der Waals surface area contributed by atoms with Crippen molar-refractivity contribution in [2.24, 2.45) is 5.92 Å². The SMILES string of the molecule is COC(=O)NC(=O)[C@@H](C)OC(=O)c1ccc2c(c1)C(=O)N(CCC(C)C)C2=O. The molecule has 1 aromatic rings. The van der Waals surface area contributed by atoms with Gasteiger partial charge in [-0.05, 0) is 37.5 Å². The summed E-state index contributed by atoms with van der Waals surface area (Å²) in [5.41, 5.74) is 0.361. The predicted molar refractivity (Wildman–Crippen MR) is 96.7 cm³/mol. The summed E-state index contributed by atoms with van der Waals surface area (Å²) < 4.78 is 9.29. The zero-order chi connectivity index (χ0) is 21.0. The third-order valence-corrected chi connectivity index (χ3v) is 4.20. The van der Waals surface area contributed by atoms with E-state index in [1.54, 1.807) is 0 Å². The summed E-state index contributed by atoms with van der Waals surface area (Å²) in [6.45, 7) is 5.56. The van der Waals surface area contributed by atoms with Crippen LogP contribution in [0.5, 0.6) is 0 Å². The lowest BCUT2D eigenvalue weighted by Gasteiger charge is -2.14. The van der Waals surface area contributed by atoms with E-state index < -0.39 is 35.9 Å². The topological polar surface area (TPSA) is 119 Å². The van der Waals surface area contributed by atoms with Crippen molar-refractivity contribution in [3.05, 3.63) is 34.9 Å². The molecular formula is C19H22N2O7. The molecule has 0 aromatic heterocycles. The molecule has 150 valence electrons. The van der Waals surface area contributed by atoms with Crippen LogP contribution in [0.2, 0.25) is 0 Å². The van der Waals surface area contributed by atoms with Crippen LogP contribution in [0.3, 0.4) is 0 Å². The first-order valence-corrected chi connectivity index (χ1v) is 8.75. The fraction of sp³-hybridized carbons (Fsp3) is 0.421. The van der Waals surface area contributed by atoms with Crippen molar-refractivity contribution >= 4 is 29.8 Å². The Bertz CT molecular complexity index is 832. The molecule has 0 saturated carbocycles. The lowest BCUT2D eigenvalue weighted by Crippen LogP contribution is -2.39. The molecule has 1 N–H and O–H groups in total. The highest BCUT2D eigenvalue weighted by molar-refractivity contribution is 6.22. The Morgan fingerprint density at radius 1 is 1.07 bits per heavy atom. The van der Waals surface area contributed by atoms with Crippen molar-refractivity contribution < 1.29 is 33.4 Å². The van der Waals surface area contributed by atoms with Gasteiger partial charge in [0.05, 0.1) is 23.8 Å². The second-order valence-electron chi connectivity index (χ2n) is 6.73. The van der Waals surface area contributed by atoms with Crippen molar-refractivity contribution in [3.8, 4) is 0 Å². The van der Waals surface area contributed by atoms with Crippen LogP contribution in [0.15, 0.2) is 18.2 Å². The van der Waals surface area contributed by atoms with E-state index in [-0.39, 0.29) is 16.7 Å². The first-order chi connectivity index (χ1) is 13.1. The van der Waals surface area contributed by atoms with Gasteiger partial charge >= 0.3 is 12.1 Å². The van der Waals surface area contributed by atoms with E-state index in [4.69, 9.17) is 4.74 Å². The van der Waals surface area contributed by atoms with Crippen LogP contribution >= 0.6 is 0 Å². The summed E-state index contributed by atoms with van der Waals surface area (Å²) >= 11 is 0. The van der Waals surface area contributed by atoms with Crippen molar-refractivity contribution in [1.82, 2.24) is 10.2 Å². The number of carbonyl (C=O) groups is 5. The van der Waals surface area contributed by atoms with E-state index in [1.807, 2.05) is 19.2 Å². The first kappa shape index (κ1) is 21.1. The molecular weight excluding hydrogens is 368 g/mol. The van der Waals surface area contributed by atoms with Gasteiger partial charge in [0, 0.05) is 6.54 Å². The standard InChI is InChI=1S/C19H22N2O7/c1-10(2)7-8-21-16(23)13-6-5-12(9-14(13)17(21)24)18(25)28-11(3)15(22)20-19(26)27-4/h5-6,9-11H,7-8H2,1-4H3,(H,20,22,26)/t11-/m1/s1. The van der Waals surface area contributed by atoms with Crippen molar-refractivity contribution in [2.75, 3.05) is 13.7 Å². The molecule has 1 atom stereocenters. The Hall–Kier alpha value is -3.23. The number of amides is 4. The number of methoxy groups -OCH3 is 1. The minimum Gasteiger partial charge on any atom is -0.453 e. The molecule has 28 heavy (non-hydrogen) atoms. The average molecular weight is 390 g/mol. The number of carbonyl (C=O) groups excluding carboxylic acids is 5. The Morgan fingerprint density at radius 3 is 2.32 bits per heavy atom. The number of esters is 1. The van der Waals surface area contributed by atoms with E-state index in [9.17, 15) is 24.0 Å². The summed E-state index contributed by atoms with van der Waals surface area (Å²) in [5, 5.41) is 1.89. The van der Waals surface area contributed by atoms with E-state index in [0.29, 0.717) is 18.9 Å². The molecule has 1 aliphatic heterocycles. The smallest absolute Gasteiger partial charge is 0.413 e. The summed E-state index contributed by atoms with van der Waals surface area (Å²) in [4.78, 5) is 61.1. The number of ether oxygens (including phenoxy) is 2. The molecule has 0 spiro atoms. The monoisotopic (exact) mass is 390 g/mol. The maximum absolute atomic E-state index is 12.5. The van der Waals surface area contributed by atoms with Gasteiger partial charge in [-0.1, -0.05) is 13.8 Å². The molecule has 4 amide bonds. The van der Waals surface area contributed by atoms with E-state index in [1.165, 1.54) is 25.1 Å². The second kappa shape index (κ2) is 8.64. The van der Waals surface area contributed by atoms with Gasteiger partial charge in [-0.3, -0.25) is 24.6 Å². The summed E-state index contributed by atoms with van der Waals surface area (Å²) in [5.74, 6) is -2.26. The van der Waals surface area contributed by atoms with Gasteiger partial charge < -0.3 is 9.47 Å². The van der Waals surface area contributed by atoms with Gasteiger partial charge in [0.2, 0.25) is 0 Å². The molecule has 0 bridgehead atoms. The molecule has 1 heterocycles. The number of hydrogen-bond acceptors (Lipinski definition) is 7. The molecule has 0 saturated heterocycles. The van der Waals surface area contributed by atoms with Crippen molar-refractivity contribution in [2.45, 2.75) is 33.3 Å². The van der Waals surface area contributed by atoms with E-state index >= 15 is 0 Å². The minimum atomic E-state index is -1.26. The molecule has 0 fully saturated rings. The highest BCUT2D eigenvalue weighted by Crippen LogP contribution is 2.25. The molecule has 0 unspecified atom stereocenters. The number of hydrogen-bond donors (Lipinski definition) is 1. The van der Waals surface area contributed by atoms with Crippen LogP contribution in [-0.4, -0.2) is 54.4 Å². The van der Waals surface area contributed by atoms with Gasteiger partial charge in [-0.25, -0.2) is 9.59 Å². The van der Waals surface area contributed by atoms with Crippen molar-refractivity contribution in [1.29, 1.82) is 0 Å². The zero-order valence-electron chi connectivity index (χ0n) is 16.1. The molecule has 0 radical (unpaired) electrons. The molecule has 1 aromatic carbocycles. The number of alkyl carbamates (subject to hydrolysis) is 1. The first-order valence-electron chi connectivity index (χ1n) is 8.75. The normalized spacial score (nSPS) is 14.0. The fourth-order valence-corrected chi connectivity index (χ4v) is 2.54. The molecule has 9 heteroatoms. The van der Waals surface area contributed by atoms with Gasteiger partial charge in [-0.15, -0.1) is 0 Å². The summed E-state index contributed by atoms with van der Waals surface area (Å²) in [6, 6.07) is 4.02. The number of benzene rings is 1. The van der Waals surface area contributed by atoms with Crippen molar-refractivity contribution in [3.63, 3.8) is 0 Å². The molecule has 1 aliphatic rings. The number of nitrogens with zero attached hydrogens (tertiary/aromatic N) is 1. The lowest BCUT2D eigenvalue weighted by atomic mass is 10.1. The molecule has 2 rings (SSSR count). The maximum atomic E-state index is 12.5. The third kappa shape index (κ3) is 4.54. The summed E-state index contributed by atoms with van der Waals surface area (Å²) in [6.07, 6.45) is -1.57. The average Bonchev–Trinajstić information content (AvgIpc) is 2.89. The van der Waals surface area contributed by atoms with Crippen LogP contribution in [-0.2, 0) is 14.3 Å². The van der Waals surface area contributed by atoms with Gasteiger partial charge in [0.25, 0.3) is 17.7 Å². The Kier molecular flexibility index (Phi) is 6.50. The fourth-order valence-electron chi connectivity index (χ4n) is 2.54. The number of nitrogens with one attached hydrogen (secondary N) is 1. The Labute approximate surface area is 162 Å². The highest BCUT2D eigenvalue weighted by atomic mass is 16.6. The largest absolute Gasteiger partial charge is 0.453 e. The number of rotatable bonds is 6. The zero-order valence-corrected chi connectivity index (χ0v) is 16.1. The number of fused-ring (bicyclic) bond motifs is 1. The third-order valence-electron chi connectivity index (χ3n) is 4.20. The van der Waals surface area contributed by atoms with Crippen LogP contribution in [0.1, 0.15) is 58.3 Å². The van der Waals surface area contributed by atoms with Gasteiger partial charge in [-0.2, -0.15) is 0 Å². The predicted octanol–water partition coefficient (Wildman–Crippen LogP) is 1.76. The Morgan fingerprint density at radius 2 is 1.71 bits per heavy atom. The molecule has 9 nitrogen and oxygen atoms in total. The quantitative estimate of drug-likeness (QED) is 0.580. The van der Waals surface area contributed by atoms with Gasteiger partial charge in [0.1, 0.15) is 0 Å². The minimum absolute atomic E-state index is 0.0170. The van der Waals surface area contributed by atoms with Crippen LogP contribution in [0.25, 0.3) is 0 Å². The Balaban J connectivity index is 2.11. The second-order valence-corrected chi connectivity index (χ2v) is 6.73. The van der Waals surface area contributed by atoms with Crippen LogP contribution in [0.4, 0.5) is 4.79 Å². The lowest BCUT2D eigenvalue weighted by molar-refractivity contribution is -0.128. The van der Waals surface area contributed by atoms with Crippen LogP contribution in [0, 0.1) is 5.92 Å². The number of imide groups is 2. The van der Waals surface area contributed by atoms with Gasteiger partial charge in [0.15, 0.2) is 6.10 Å². The van der Waals surface area contributed by atoms with E-state index in [0.717, 1.165) is 12.0 Å². The molecule has 0 aliphatic carbocycles.